The van der Waals surface area contributed by atoms with Gasteiger partial charge in [-0.3, -0.25) is 0 Å². The molecule has 0 bridgehead atoms. The first kappa shape index (κ1) is 13.9. The number of nitrogens with one attached hydrogen (secondary N) is 1. The van der Waals surface area contributed by atoms with Crippen LogP contribution in [0.3, 0.4) is 0 Å². The molecule has 2 aliphatic rings. The predicted molar refractivity (Wildman–Crippen MR) is 83.1 cm³/mol. The number of aryl methyl sites for hydroxylation is 1. The number of benzene rings is 1. The molecule has 3 nitrogen and oxygen atoms in total. The van der Waals surface area contributed by atoms with Gasteiger partial charge in [-0.05, 0) is 50.2 Å². The summed E-state index contributed by atoms with van der Waals surface area (Å²) in [7, 11) is 2.14. The Bertz CT molecular complexity index is 468. The topological polar surface area (TPSA) is 35.5 Å². The average Bonchev–Trinajstić information content (AvgIpc) is 3.30. The van der Waals surface area contributed by atoms with Crippen molar-refractivity contribution in [3.8, 4) is 0 Å². The highest BCUT2D eigenvalue weighted by molar-refractivity contribution is 5.52. The van der Waals surface area contributed by atoms with Crippen LogP contribution in [0.4, 0.5) is 5.69 Å². The van der Waals surface area contributed by atoms with Crippen molar-refractivity contribution in [2.75, 3.05) is 25.1 Å². The molecule has 1 aromatic rings. The fourth-order valence-electron chi connectivity index (χ4n) is 3.29. The third kappa shape index (κ3) is 2.84. The Morgan fingerprint density at radius 3 is 2.50 bits per heavy atom. The molecule has 0 aliphatic heterocycles. The number of likely N-dealkylation sites (N-methyl/N-ethyl adjacent to an activating group) is 1. The largest absolute Gasteiger partial charge is 0.394 e. The van der Waals surface area contributed by atoms with E-state index in [1.54, 1.807) is 0 Å². The summed E-state index contributed by atoms with van der Waals surface area (Å²) in [6.07, 6.45) is 5.04. The quantitative estimate of drug-likeness (QED) is 0.801. The van der Waals surface area contributed by atoms with Crippen LogP contribution < -0.4 is 10.2 Å². The number of aliphatic hydroxyl groups is 1. The van der Waals surface area contributed by atoms with E-state index >= 15 is 0 Å². The van der Waals surface area contributed by atoms with Gasteiger partial charge in [-0.1, -0.05) is 18.2 Å². The molecular formula is C17H26N2O. The fourth-order valence-corrected chi connectivity index (χ4v) is 3.29. The van der Waals surface area contributed by atoms with E-state index in [1.807, 2.05) is 0 Å². The standard InChI is InChI=1S/C17H26N2O/c1-13-5-3-4-6-16(13)19(2)11-17(12-20,14-7-8-14)18-15-9-10-15/h3-6,14-15,18,20H,7-12H2,1-2H3. The van der Waals surface area contributed by atoms with Gasteiger partial charge in [-0.15, -0.1) is 0 Å². The first-order chi connectivity index (χ1) is 9.64. The third-order valence-corrected chi connectivity index (χ3v) is 4.76. The number of aliphatic hydroxyl groups excluding tert-OH is 1. The van der Waals surface area contributed by atoms with Crippen LogP contribution in [-0.2, 0) is 0 Å². The molecule has 0 aromatic heterocycles. The third-order valence-electron chi connectivity index (χ3n) is 4.76. The van der Waals surface area contributed by atoms with Gasteiger partial charge in [0, 0.05) is 25.3 Å². The molecule has 2 aliphatic carbocycles. The minimum Gasteiger partial charge on any atom is -0.394 e. The van der Waals surface area contributed by atoms with Crippen LogP contribution in [0.15, 0.2) is 24.3 Å². The van der Waals surface area contributed by atoms with Crippen LogP contribution in [0.25, 0.3) is 0 Å². The number of anilines is 1. The van der Waals surface area contributed by atoms with E-state index < -0.39 is 0 Å². The number of hydrogen-bond acceptors (Lipinski definition) is 3. The van der Waals surface area contributed by atoms with Crippen LogP contribution in [0.2, 0.25) is 0 Å². The van der Waals surface area contributed by atoms with Crippen molar-refractivity contribution in [1.29, 1.82) is 0 Å². The molecule has 0 amide bonds. The van der Waals surface area contributed by atoms with Gasteiger partial charge in [-0.25, -0.2) is 0 Å². The maximum Gasteiger partial charge on any atom is 0.0633 e. The Morgan fingerprint density at radius 2 is 1.95 bits per heavy atom. The summed E-state index contributed by atoms with van der Waals surface area (Å²) in [6.45, 7) is 3.28. The Morgan fingerprint density at radius 1 is 1.25 bits per heavy atom. The smallest absolute Gasteiger partial charge is 0.0633 e. The second-order valence-electron chi connectivity index (χ2n) is 6.65. The molecule has 0 radical (unpaired) electrons. The molecule has 0 spiro atoms. The second-order valence-corrected chi connectivity index (χ2v) is 6.65. The van der Waals surface area contributed by atoms with Gasteiger partial charge in [0.05, 0.1) is 12.1 Å². The molecule has 3 rings (SSSR count). The highest BCUT2D eigenvalue weighted by Gasteiger charge is 2.47. The van der Waals surface area contributed by atoms with Crippen LogP contribution in [0.1, 0.15) is 31.2 Å². The number of para-hydroxylation sites is 1. The van der Waals surface area contributed by atoms with E-state index in [-0.39, 0.29) is 12.1 Å². The number of nitrogens with zero attached hydrogens (tertiary/aromatic N) is 1. The molecule has 2 fully saturated rings. The lowest BCUT2D eigenvalue weighted by Gasteiger charge is -2.38. The summed E-state index contributed by atoms with van der Waals surface area (Å²) in [5, 5.41) is 13.8. The molecule has 2 saturated carbocycles. The lowest BCUT2D eigenvalue weighted by atomic mass is 9.92. The maximum atomic E-state index is 10.0. The van der Waals surface area contributed by atoms with Crippen molar-refractivity contribution in [2.45, 2.75) is 44.2 Å². The van der Waals surface area contributed by atoms with Crippen LogP contribution in [0.5, 0.6) is 0 Å². The van der Waals surface area contributed by atoms with Crippen LogP contribution >= 0.6 is 0 Å². The summed E-state index contributed by atoms with van der Waals surface area (Å²) in [5.41, 5.74) is 2.45. The molecule has 3 heteroatoms. The lowest BCUT2D eigenvalue weighted by molar-refractivity contribution is 0.142. The summed E-state index contributed by atoms with van der Waals surface area (Å²) < 4.78 is 0. The van der Waals surface area contributed by atoms with Crippen molar-refractivity contribution in [2.24, 2.45) is 5.92 Å². The highest BCUT2D eigenvalue weighted by atomic mass is 16.3. The van der Waals surface area contributed by atoms with Gasteiger partial charge in [0.2, 0.25) is 0 Å². The van der Waals surface area contributed by atoms with Gasteiger partial charge < -0.3 is 15.3 Å². The summed E-state index contributed by atoms with van der Waals surface area (Å²) in [5.74, 6) is 0.638. The van der Waals surface area contributed by atoms with E-state index in [0.29, 0.717) is 12.0 Å². The first-order valence-corrected chi connectivity index (χ1v) is 7.80. The summed E-state index contributed by atoms with van der Waals surface area (Å²) >= 11 is 0. The molecule has 0 heterocycles. The second kappa shape index (κ2) is 5.38. The average molecular weight is 274 g/mol. The first-order valence-electron chi connectivity index (χ1n) is 7.80. The van der Waals surface area contributed by atoms with Gasteiger partial charge in [-0.2, -0.15) is 0 Å². The van der Waals surface area contributed by atoms with E-state index in [0.717, 1.165) is 6.54 Å². The monoisotopic (exact) mass is 274 g/mol. The van der Waals surface area contributed by atoms with Crippen molar-refractivity contribution >= 4 is 5.69 Å². The van der Waals surface area contributed by atoms with E-state index in [4.69, 9.17) is 0 Å². The van der Waals surface area contributed by atoms with Crippen molar-refractivity contribution in [3.05, 3.63) is 29.8 Å². The van der Waals surface area contributed by atoms with Gasteiger partial charge in [0.25, 0.3) is 0 Å². The van der Waals surface area contributed by atoms with Crippen molar-refractivity contribution < 1.29 is 5.11 Å². The predicted octanol–water partition coefficient (Wildman–Crippen LogP) is 2.32. The molecule has 0 saturated heterocycles. The van der Waals surface area contributed by atoms with Gasteiger partial charge >= 0.3 is 0 Å². The van der Waals surface area contributed by atoms with Gasteiger partial charge in [0.1, 0.15) is 0 Å². The summed E-state index contributed by atoms with van der Waals surface area (Å²) in [4.78, 5) is 2.30. The molecular weight excluding hydrogens is 248 g/mol. The Labute approximate surface area is 122 Å². The van der Waals surface area contributed by atoms with E-state index in [9.17, 15) is 5.11 Å². The maximum absolute atomic E-state index is 10.0. The SMILES string of the molecule is Cc1ccccc1N(C)CC(CO)(NC1CC1)C1CC1. The molecule has 2 N–H and O–H groups in total. The molecule has 1 atom stereocenters. The molecule has 20 heavy (non-hydrogen) atoms. The lowest BCUT2D eigenvalue weighted by Crippen LogP contribution is -2.58. The zero-order chi connectivity index (χ0) is 14.2. The van der Waals surface area contributed by atoms with E-state index in [1.165, 1.54) is 36.9 Å². The Balaban J connectivity index is 1.76. The highest BCUT2D eigenvalue weighted by Crippen LogP contribution is 2.42. The molecule has 1 aromatic carbocycles. The zero-order valence-corrected chi connectivity index (χ0v) is 12.6. The normalized spacial score (nSPS) is 21.6. The molecule has 110 valence electrons. The zero-order valence-electron chi connectivity index (χ0n) is 12.6. The summed E-state index contributed by atoms with van der Waals surface area (Å²) in [6, 6.07) is 9.12. The van der Waals surface area contributed by atoms with Crippen molar-refractivity contribution in [1.82, 2.24) is 5.32 Å². The van der Waals surface area contributed by atoms with Crippen molar-refractivity contribution in [3.63, 3.8) is 0 Å². The number of hydrogen-bond donors (Lipinski definition) is 2. The Hall–Kier alpha value is -1.06. The minimum atomic E-state index is -0.113. The fraction of sp³-hybridized carbons (Fsp3) is 0.647. The van der Waals surface area contributed by atoms with Crippen LogP contribution in [-0.4, -0.2) is 36.9 Å². The van der Waals surface area contributed by atoms with Gasteiger partial charge in [0.15, 0.2) is 0 Å². The van der Waals surface area contributed by atoms with E-state index in [2.05, 4.69) is 48.5 Å². The molecule has 1 unspecified atom stereocenters. The minimum absolute atomic E-state index is 0.113. The van der Waals surface area contributed by atoms with Crippen LogP contribution in [0, 0.1) is 12.8 Å². The number of rotatable bonds is 7. The Kier molecular flexibility index (Phi) is 3.74.